The van der Waals surface area contributed by atoms with Crippen LogP contribution in [0.2, 0.25) is 18.1 Å². The quantitative estimate of drug-likeness (QED) is 0.151. The Morgan fingerprint density at radius 3 is 1.76 bits per heavy atom. The molecular weight excluding hydrogens is 940 g/mol. The summed E-state index contributed by atoms with van der Waals surface area (Å²) < 4.78 is 34.3. The highest BCUT2D eigenvalue weighted by Gasteiger charge is 2.73. The highest BCUT2D eigenvalue weighted by molar-refractivity contribution is 6.74. The molecule has 11 heteroatoms. The molecule has 0 aromatic heterocycles. The van der Waals surface area contributed by atoms with Gasteiger partial charge in [0.25, 0.3) is 0 Å². The van der Waals surface area contributed by atoms with Crippen molar-refractivity contribution in [2.45, 2.75) is 250 Å². The second-order valence-electron chi connectivity index (χ2n) is 26.7. The zero-order valence-electron chi connectivity index (χ0n) is 44.0. The third-order valence-corrected chi connectivity index (χ3v) is 26.7. The molecule has 9 fully saturated rings. The lowest BCUT2D eigenvalue weighted by Crippen LogP contribution is -2.70. The van der Waals surface area contributed by atoms with E-state index >= 15 is 0 Å². The third kappa shape index (κ3) is 9.61. The predicted molar refractivity (Wildman–Crippen MR) is 290 cm³/mol. The summed E-state index contributed by atoms with van der Waals surface area (Å²) in [4.78, 5) is -0.544. The SMILES string of the molecule is C.C.CC1(C)O[C@@H]2C3C([C@@H](OCc4ccccc4)C[C@@]4(C)C3CC[C@@H]4O[Si](C)(C)C(C)(C)C)[C@@]3(O)CCCCC3[C@H]2O1.C[C@]12C[C@H](OCc3ccccc3)C3C(C1CC[C@@H]2O)[C@@H](O)[C@H](O)C1CCCC[C@]31Cl. The molecular formula is C61H97ClO9Si. The van der Waals surface area contributed by atoms with Crippen molar-refractivity contribution < 1.29 is 43.8 Å². The van der Waals surface area contributed by atoms with Crippen LogP contribution in [0.4, 0.5) is 0 Å². The molecule has 2 aromatic rings. The zero-order valence-corrected chi connectivity index (χ0v) is 45.8. The van der Waals surface area contributed by atoms with Crippen LogP contribution in [0, 0.1) is 58.2 Å². The van der Waals surface area contributed by atoms with Crippen molar-refractivity contribution >= 4 is 19.9 Å². The van der Waals surface area contributed by atoms with Crippen LogP contribution in [0.25, 0.3) is 0 Å². The van der Waals surface area contributed by atoms with Gasteiger partial charge in [0.05, 0.1) is 72.5 Å². The average molecular weight is 1040 g/mol. The van der Waals surface area contributed by atoms with Crippen molar-refractivity contribution in [1.29, 1.82) is 0 Å². The third-order valence-electron chi connectivity index (χ3n) is 21.5. The predicted octanol–water partition coefficient (Wildman–Crippen LogP) is 12.6. The van der Waals surface area contributed by atoms with E-state index in [1.165, 1.54) is 5.56 Å². The van der Waals surface area contributed by atoms with Crippen molar-refractivity contribution in [3.8, 4) is 0 Å². The summed E-state index contributed by atoms with van der Waals surface area (Å²) >= 11 is 7.45. The first-order valence-electron chi connectivity index (χ1n) is 27.8. The van der Waals surface area contributed by atoms with E-state index < -0.39 is 42.9 Å². The van der Waals surface area contributed by atoms with Gasteiger partial charge in [0.2, 0.25) is 0 Å². The smallest absolute Gasteiger partial charge is 0.192 e. The van der Waals surface area contributed by atoms with E-state index in [0.29, 0.717) is 19.1 Å². The Bertz CT molecular complexity index is 2120. The van der Waals surface area contributed by atoms with Gasteiger partial charge >= 0.3 is 0 Å². The van der Waals surface area contributed by atoms with E-state index in [1.54, 1.807) is 0 Å². The number of ether oxygens (including phenoxy) is 4. The Kier molecular flexibility index (Phi) is 16.4. The van der Waals surface area contributed by atoms with Crippen LogP contribution in [-0.4, -0.2) is 93.8 Å². The lowest BCUT2D eigenvalue weighted by Gasteiger charge is -2.63. The fourth-order valence-electron chi connectivity index (χ4n) is 17.2. The normalized spacial score (nSPS) is 45.7. The lowest BCUT2D eigenvalue weighted by atomic mass is 9.46. The molecule has 1 heterocycles. The van der Waals surface area contributed by atoms with Gasteiger partial charge in [0, 0.05) is 23.7 Å². The molecule has 9 nitrogen and oxygen atoms in total. The standard InChI is InChI=1S/C34H54O5Si.C25H35ClO4.2CH4/c1-31(2,3)40(7,8)39-26-18-17-23-27-28(25(20-33(23,26)6)36-21-22-14-10-9-11-15-22)34(35)19-13-12-16-24(34)29-30(27)38-32(4,5)37-29;1-24-13-18(30-14-15-7-3-2-4-8-15)21-20(16(24)10-11-19(24)27)23(29)22(28)17-9-5-6-12-25(17,21)26;;/h9-11,14-15,23-30,35H,12-13,16-21H2,1-8H3;2-4,7-8,16-23,27-29H,5-6,9-14H2,1H3;2*1H4/t23?,24?,25-,26-,27?,28?,29+,30+,33-,34+;16?,17?,18-,19-,20?,21?,22+,23+,24-,25+;;/m00../s1. The van der Waals surface area contributed by atoms with Crippen molar-refractivity contribution in [3.63, 3.8) is 0 Å². The highest BCUT2D eigenvalue weighted by Crippen LogP contribution is 2.69. The number of aliphatic hydroxyl groups excluding tert-OH is 3. The summed E-state index contributed by atoms with van der Waals surface area (Å²) in [6, 6.07) is 20.7. The van der Waals surface area contributed by atoms with Gasteiger partial charge < -0.3 is 43.8 Å². The van der Waals surface area contributed by atoms with Crippen LogP contribution in [0.15, 0.2) is 60.7 Å². The molecule has 0 bridgehead atoms. The van der Waals surface area contributed by atoms with Gasteiger partial charge in [-0.05, 0) is 142 Å². The molecule has 2 aromatic carbocycles. The van der Waals surface area contributed by atoms with Gasteiger partial charge in [-0.25, -0.2) is 0 Å². The van der Waals surface area contributed by atoms with Gasteiger partial charge in [-0.15, -0.1) is 11.6 Å². The van der Waals surface area contributed by atoms with Crippen LogP contribution in [0.1, 0.15) is 164 Å². The summed E-state index contributed by atoms with van der Waals surface area (Å²) in [7, 11) is -1.97. The van der Waals surface area contributed by atoms with Crippen LogP contribution in [0.5, 0.6) is 0 Å². The molecule has 8 saturated carbocycles. The first-order chi connectivity index (χ1) is 33.0. The van der Waals surface area contributed by atoms with Crippen LogP contribution in [0.3, 0.4) is 0 Å². The van der Waals surface area contributed by atoms with Gasteiger partial charge in [-0.1, -0.05) is 136 Å². The lowest BCUT2D eigenvalue weighted by molar-refractivity contribution is -0.263. The second kappa shape index (κ2) is 20.8. The Morgan fingerprint density at radius 2 is 1.15 bits per heavy atom. The minimum atomic E-state index is -1.97. The number of alkyl halides is 1. The molecule has 1 saturated heterocycles. The number of halogens is 1. The summed E-state index contributed by atoms with van der Waals surface area (Å²) in [6.45, 7) is 21.6. The molecule has 8 aliphatic carbocycles. The second-order valence-corrected chi connectivity index (χ2v) is 32.2. The summed E-state index contributed by atoms with van der Waals surface area (Å²) in [5, 5.41) is 46.3. The minimum Gasteiger partial charge on any atom is -0.413 e. The number of fused-ring (bicyclic) bond motifs is 13. The Hall–Kier alpha value is -1.41. The molecule has 4 N–H and O–H groups in total. The Labute approximate surface area is 441 Å². The molecule has 72 heavy (non-hydrogen) atoms. The van der Waals surface area contributed by atoms with Gasteiger partial charge in [-0.2, -0.15) is 0 Å². The molecule has 9 aliphatic rings. The molecule has 0 radical (unpaired) electrons. The van der Waals surface area contributed by atoms with Crippen LogP contribution >= 0.6 is 11.6 Å². The molecule has 0 spiro atoms. The Balaban J connectivity index is 0.000000194. The summed E-state index contributed by atoms with van der Waals surface area (Å²) in [5.41, 5.74) is 1.19. The van der Waals surface area contributed by atoms with E-state index in [-0.39, 0.29) is 103 Å². The minimum absolute atomic E-state index is 0. The van der Waals surface area contributed by atoms with E-state index in [0.717, 1.165) is 95.5 Å². The molecule has 0 amide bonds. The van der Waals surface area contributed by atoms with Gasteiger partial charge in [-0.3, -0.25) is 0 Å². The average Bonchev–Trinajstić information content (AvgIpc) is 3.93. The first kappa shape index (κ1) is 56.8. The molecule has 11 rings (SSSR count). The zero-order chi connectivity index (χ0) is 49.8. The molecule has 406 valence electrons. The van der Waals surface area contributed by atoms with Gasteiger partial charge in [0.15, 0.2) is 14.1 Å². The monoisotopic (exact) mass is 1040 g/mol. The fraction of sp³-hybridized carbons (Fsp3) is 0.803. The van der Waals surface area contributed by atoms with E-state index in [4.69, 9.17) is 35.0 Å². The largest absolute Gasteiger partial charge is 0.413 e. The van der Waals surface area contributed by atoms with Crippen molar-refractivity contribution in [3.05, 3.63) is 71.8 Å². The number of rotatable bonds is 8. The Morgan fingerprint density at radius 1 is 0.625 bits per heavy atom. The maximum Gasteiger partial charge on any atom is 0.192 e. The first-order valence-corrected chi connectivity index (χ1v) is 31.1. The summed E-state index contributed by atoms with van der Waals surface area (Å²) in [5.74, 6) is 0.0526. The summed E-state index contributed by atoms with van der Waals surface area (Å²) in [6.07, 6.45) is 11.4. The number of benzene rings is 2. The van der Waals surface area contributed by atoms with Gasteiger partial charge in [0.1, 0.15) is 0 Å². The van der Waals surface area contributed by atoms with E-state index in [1.807, 2.05) is 18.2 Å². The highest BCUT2D eigenvalue weighted by atomic mass is 35.5. The maximum atomic E-state index is 12.8. The van der Waals surface area contributed by atoms with Crippen LogP contribution < -0.4 is 0 Å². The fourth-order valence-corrected chi connectivity index (χ4v) is 19.3. The van der Waals surface area contributed by atoms with Crippen molar-refractivity contribution in [2.75, 3.05) is 0 Å². The van der Waals surface area contributed by atoms with Crippen molar-refractivity contribution in [1.82, 2.24) is 0 Å². The molecule has 8 unspecified atom stereocenters. The molecule has 1 aliphatic heterocycles. The molecule has 20 atom stereocenters. The van der Waals surface area contributed by atoms with Crippen LogP contribution in [-0.2, 0) is 36.6 Å². The van der Waals surface area contributed by atoms with E-state index in [2.05, 4.69) is 104 Å². The maximum absolute atomic E-state index is 12.8. The number of hydrogen-bond acceptors (Lipinski definition) is 9. The topological polar surface area (TPSA) is 127 Å². The number of hydrogen-bond donors (Lipinski definition) is 4. The van der Waals surface area contributed by atoms with Crippen molar-refractivity contribution in [2.24, 2.45) is 58.2 Å². The van der Waals surface area contributed by atoms with E-state index in [9.17, 15) is 20.4 Å². The number of aliphatic hydroxyl groups is 4.